The minimum absolute atomic E-state index is 0.253. The number of fused-ring (bicyclic) bond motifs is 2. The molecule has 3 amide bonds. The molecule has 0 radical (unpaired) electrons. The highest BCUT2D eigenvalue weighted by molar-refractivity contribution is 6.11. The zero-order valence-electron chi connectivity index (χ0n) is 17.1. The second-order valence-corrected chi connectivity index (χ2v) is 7.83. The van der Waals surface area contributed by atoms with Crippen LogP contribution in [0.1, 0.15) is 33.0 Å². The zero-order chi connectivity index (χ0) is 21.7. The van der Waals surface area contributed by atoms with Crippen LogP contribution in [0.5, 0.6) is 0 Å². The lowest BCUT2D eigenvalue weighted by molar-refractivity contribution is -0.120. The summed E-state index contributed by atoms with van der Waals surface area (Å²) in [6, 6.07) is 9.20. The molecule has 2 aliphatic rings. The van der Waals surface area contributed by atoms with Crippen molar-refractivity contribution in [3.63, 3.8) is 0 Å². The van der Waals surface area contributed by atoms with E-state index in [2.05, 4.69) is 15.7 Å². The van der Waals surface area contributed by atoms with Gasteiger partial charge in [-0.2, -0.15) is 5.10 Å². The Morgan fingerprint density at radius 3 is 2.81 bits per heavy atom. The summed E-state index contributed by atoms with van der Waals surface area (Å²) in [5, 5.41) is 9.93. The fraction of sp³-hybridized carbons (Fsp3) is 0.273. The average molecular weight is 419 g/mol. The molecule has 0 saturated carbocycles. The van der Waals surface area contributed by atoms with E-state index in [9.17, 15) is 14.4 Å². The molecule has 31 heavy (non-hydrogen) atoms. The quantitative estimate of drug-likeness (QED) is 0.674. The maximum absolute atomic E-state index is 13.3. The van der Waals surface area contributed by atoms with Crippen LogP contribution in [0.2, 0.25) is 0 Å². The fourth-order valence-corrected chi connectivity index (χ4v) is 4.20. The van der Waals surface area contributed by atoms with Gasteiger partial charge in [-0.3, -0.25) is 19.1 Å². The highest BCUT2D eigenvalue weighted by Crippen LogP contribution is 2.32. The summed E-state index contributed by atoms with van der Waals surface area (Å²) in [6.07, 6.45) is 2.05. The molecule has 0 aliphatic carbocycles. The first-order chi connectivity index (χ1) is 14.9. The number of carbonyl (C=O) groups excluding carboxylic acids is 3. The van der Waals surface area contributed by atoms with E-state index < -0.39 is 12.1 Å². The van der Waals surface area contributed by atoms with Crippen molar-refractivity contribution in [1.82, 2.24) is 20.0 Å². The third-order valence-electron chi connectivity index (χ3n) is 5.90. The number of benzene rings is 1. The Morgan fingerprint density at radius 2 is 2.10 bits per heavy atom. The van der Waals surface area contributed by atoms with E-state index in [1.165, 1.54) is 4.90 Å². The summed E-state index contributed by atoms with van der Waals surface area (Å²) >= 11 is 0. The summed E-state index contributed by atoms with van der Waals surface area (Å²) in [5.41, 5.74) is 2.73. The van der Waals surface area contributed by atoms with E-state index in [1.807, 2.05) is 13.0 Å². The summed E-state index contributed by atoms with van der Waals surface area (Å²) in [4.78, 5) is 40.5. The highest BCUT2D eigenvalue weighted by atomic mass is 16.3. The summed E-state index contributed by atoms with van der Waals surface area (Å²) in [7, 11) is 1.76. The van der Waals surface area contributed by atoms with Gasteiger partial charge in [-0.15, -0.1) is 0 Å². The number of aryl methyl sites for hydroxylation is 2. The van der Waals surface area contributed by atoms with E-state index in [1.54, 1.807) is 48.3 Å². The summed E-state index contributed by atoms with van der Waals surface area (Å²) < 4.78 is 7.05. The molecule has 1 aromatic carbocycles. The van der Waals surface area contributed by atoms with Gasteiger partial charge in [-0.25, -0.2) is 0 Å². The molecule has 4 heterocycles. The maximum atomic E-state index is 13.3. The minimum atomic E-state index is -0.791. The van der Waals surface area contributed by atoms with Gasteiger partial charge < -0.3 is 20.0 Å². The monoisotopic (exact) mass is 419 g/mol. The summed E-state index contributed by atoms with van der Waals surface area (Å²) in [5.74, 6) is -0.298. The standard InChI is InChI=1S/C22H21N5O4/c1-12-10-17(25-26(12)2)20(28)24-16-7-8-27-19(16)21(29)23-15-6-5-13(11-14(15)22(27)30)18-4-3-9-31-18/h3-6,9-11,16,19H,7-8H2,1-2H3,(H,23,29)(H,24,28). The van der Waals surface area contributed by atoms with Crippen LogP contribution >= 0.6 is 0 Å². The normalized spacial score (nSPS) is 20.1. The van der Waals surface area contributed by atoms with Gasteiger partial charge in [0.2, 0.25) is 5.91 Å². The number of hydrogen-bond donors (Lipinski definition) is 2. The van der Waals surface area contributed by atoms with Crippen LogP contribution in [0, 0.1) is 6.92 Å². The zero-order valence-corrected chi connectivity index (χ0v) is 17.1. The molecule has 2 aliphatic heterocycles. The minimum Gasteiger partial charge on any atom is -0.464 e. The lowest BCUT2D eigenvalue weighted by Crippen LogP contribution is -2.51. The molecule has 158 valence electrons. The third kappa shape index (κ3) is 3.18. The predicted octanol–water partition coefficient (Wildman–Crippen LogP) is 1.95. The maximum Gasteiger partial charge on any atom is 0.272 e. The first kappa shape index (κ1) is 19.1. The van der Waals surface area contributed by atoms with Crippen molar-refractivity contribution in [1.29, 1.82) is 0 Å². The highest BCUT2D eigenvalue weighted by Gasteiger charge is 2.45. The van der Waals surface area contributed by atoms with Gasteiger partial charge >= 0.3 is 0 Å². The van der Waals surface area contributed by atoms with E-state index in [0.29, 0.717) is 30.0 Å². The molecule has 9 heteroatoms. The van der Waals surface area contributed by atoms with E-state index in [0.717, 1.165) is 11.3 Å². The Balaban J connectivity index is 1.42. The molecule has 9 nitrogen and oxygen atoms in total. The van der Waals surface area contributed by atoms with Crippen LogP contribution in [0.3, 0.4) is 0 Å². The SMILES string of the molecule is Cc1cc(C(=O)NC2CCN3C(=O)c4cc(-c5ccco5)ccc4NC(=O)C23)nn1C. The summed E-state index contributed by atoms with van der Waals surface area (Å²) in [6.45, 7) is 2.22. The Labute approximate surface area is 178 Å². The van der Waals surface area contributed by atoms with E-state index >= 15 is 0 Å². The molecule has 0 bridgehead atoms. The largest absolute Gasteiger partial charge is 0.464 e. The number of carbonyl (C=O) groups is 3. The molecule has 2 atom stereocenters. The number of aromatic nitrogens is 2. The van der Waals surface area contributed by atoms with Crippen LogP contribution in [0.25, 0.3) is 11.3 Å². The molecular weight excluding hydrogens is 398 g/mol. The second kappa shape index (κ2) is 7.12. The lowest BCUT2D eigenvalue weighted by atomic mass is 10.1. The Hall–Kier alpha value is -3.88. The molecule has 2 unspecified atom stereocenters. The molecule has 5 rings (SSSR count). The molecule has 2 aromatic heterocycles. The predicted molar refractivity (Wildman–Crippen MR) is 111 cm³/mol. The van der Waals surface area contributed by atoms with Crippen molar-refractivity contribution < 1.29 is 18.8 Å². The number of furan rings is 1. The van der Waals surface area contributed by atoms with Crippen molar-refractivity contribution in [3.05, 3.63) is 59.6 Å². The Kier molecular flexibility index (Phi) is 4.39. The number of anilines is 1. The van der Waals surface area contributed by atoms with Crippen LogP contribution in [0.4, 0.5) is 5.69 Å². The van der Waals surface area contributed by atoms with Gasteiger partial charge in [0.1, 0.15) is 17.5 Å². The van der Waals surface area contributed by atoms with Crippen molar-refractivity contribution in [2.24, 2.45) is 7.05 Å². The number of nitrogens with zero attached hydrogens (tertiary/aromatic N) is 3. The van der Waals surface area contributed by atoms with E-state index in [4.69, 9.17) is 4.42 Å². The average Bonchev–Trinajstić information content (AvgIpc) is 3.47. The number of hydrogen-bond acceptors (Lipinski definition) is 5. The first-order valence-corrected chi connectivity index (χ1v) is 10.0. The number of amides is 3. The molecule has 2 N–H and O–H groups in total. The van der Waals surface area contributed by atoms with Gasteiger partial charge in [0, 0.05) is 24.8 Å². The van der Waals surface area contributed by atoms with Crippen molar-refractivity contribution >= 4 is 23.4 Å². The van der Waals surface area contributed by atoms with Gasteiger partial charge in [0.05, 0.1) is 23.6 Å². The van der Waals surface area contributed by atoms with Gasteiger partial charge in [0.15, 0.2) is 0 Å². The Morgan fingerprint density at radius 1 is 1.26 bits per heavy atom. The molecule has 1 fully saturated rings. The van der Waals surface area contributed by atoms with Gasteiger partial charge in [-0.05, 0) is 49.7 Å². The van der Waals surface area contributed by atoms with Crippen LogP contribution in [-0.2, 0) is 11.8 Å². The van der Waals surface area contributed by atoms with E-state index in [-0.39, 0.29) is 23.4 Å². The third-order valence-corrected chi connectivity index (χ3v) is 5.90. The van der Waals surface area contributed by atoms with Crippen LogP contribution < -0.4 is 10.6 Å². The van der Waals surface area contributed by atoms with Crippen LogP contribution in [0.15, 0.2) is 47.1 Å². The smallest absolute Gasteiger partial charge is 0.272 e. The number of nitrogens with one attached hydrogen (secondary N) is 2. The molecule has 3 aromatic rings. The van der Waals surface area contributed by atoms with Crippen molar-refractivity contribution in [2.75, 3.05) is 11.9 Å². The van der Waals surface area contributed by atoms with Gasteiger partial charge in [0.25, 0.3) is 11.8 Å². The van der Waals surface area contributed by atoms with Gasteiger partial charge in [-0.1, -0.05) is 0 Å². The molecule has 1 saturated heterocycles. The molecule has 0 spiro atoms. The fourth-order valence-electron chi connectivity index (χ4n) is 4.20. The van der Waals surface area contributed by atoms with Crippen molar-refractivity contribution in [2.45, 2.75) is 25.4 Å². The second-order valence-electron chi connectivity index (χ2n) is 7.83. The van der Waals surface area contributed by atoms with Crippen molar-refractivity contribution in [3.8, 4) is 11.3 Å². The Bertz CT molecular complexity index is 1180. The lowest BCUT2D eigenvalue weighted by Gasteiger charge is -2.24. The number of rotatable bonds is 3. The van der Waals surface area contributed by atoms with Crippen LogP contribution in [-0.4, -0.2) is 51.0 Å². The molecular formula is C22H21N5O4. The first-order valence-electron chi connectivity index (χ1n) is 10.0. The topological polar surface area (TPSA) is 109 Å².